The molecule has 0 saturated carbocycles. The van der Waals surface area contributed by atoms with Crippen molar-refractivity contribution in [3.8, 4) is 5.88 Å². The Morgan fingerprint density at radius 3 is 2.81 bits per heavy atom. The van der Waals surface area contributed by atoms with Crippen LogP contribution in [-0.4, -0.2) is 49.1 Å². The first-order valence-corrected chi connectivity index (χ1v) is 16.0. The molecule has 0 spiro atoms. The number of aryl methyl sites for hydroxylation is 3. The number of nitrogens with zero attached hydrogens (tertiary/aromatic N) is 5. The van der Waals surface area contributed by atoms with Crippen LogP contribution in [0.4, 0.5) is 0 Å². The van der Waals surface area contributed by atoms with E-state index in [4.69, 9.17) is 4.74 Å². The second kappa shape index (κ2) is 12.1. The summed E-state index contributed by atoms with van der Waals surface area (Å²) in [6.45, 7) is 11.0. The van der Waals surface area contributed by atoms with Crippen molar-refractivity contribution in [2.24, 2.45) is 13.0 Å². The normalized spacial score (nSPS) is 16.3. The SMILES string of the molecule is CCOC(=O)C[C@@H](c1cc(CN2Cc3nc(O)ccc3C[C@H](CC)C2)c2sccc2c1)c1cc(C)c2c(nnn2C)c1C. The number of aromatic nitrogens is 4. The number of rotatable bonds is 8. The van der Waals surface area contributed by atoms with Crippen molar-refractivity contribution in [2.45, 2.75) is 66.0 Å². The van der Waals surface area contributed by atoms with Crippen molar-refractivity contribution in [1.29, 1.82) is 0 Å². The Morgan fingerprint density at radius 2 is 2.02 bits per heavy atom. The maximum absolute atomic E-state index is 13.0. The zero-order valence-corrected chi connectivity index (χ0v) is 26.4. The van der Waals surface area contributed by atoms with E-state index in [2.05, 4.69) is 70.6 Å². The van der Waals surface area contributed by atoms with Crippen LogP contribution in [0.2, 0.25) is 0 Å². The van der Waals surface area contributed by atoms with Gasteiger partial charge in [0.15, 0.2) is 0 Å². The lowest BCUT2D eigenvalue weighted by molar-refractivity contribution is -0.143. The number of thiophene rings is 1. The summed E-state index contributed by atoms with van der Waals surface area (Å²) in [4.78, 5) is 20.0. The van der Waals surface area contributed by atoms with Crippen LogP contribution in [0.3, 0.4) is 0 Å². The highest BCUT2D eigenvalue weighted by atomic mass is 32.1. The molecule has 2 atom stereocenters. The molecule has 6 rings (SSSR count). The van der Waals surface area contributed by atoms with E-state index in [1.165, 1.54) is 21.2 Å². The van der Waals surface area contributed by atoms with E-state index in [-0.39, 0.29) is 24.2 Å². The topological polar surface area (TPSA) is 93.4 Å². The van der Waals surface area contributed by atoms with Gasteiger partial charge in [-0.15, -0.1) is 16.4 Å². The molecule has 1 aliphatic heterocycles. The minimum absolute atomic E-state index is 0.0730. The van der Waals surface area contributed by atoms with Crippen molar-refractivity contribution >= 4 is 38.4 Å². The summed E-state index contributed by atoms with van der Waals surface area (Å²) in [7, 11) is 1.91. The second-order valence-corrected chi connectivity index (χ2v) is 12.7. The van der Waals surface area contributed by atoms with Crippen LogP contribution in [0.5, 0.6) is 5.88 Å². The predicted molar refractivity (Wildman–Crippen MR) is 170 cm³/mol. The van der Waals surface area contributed by atoms with E-state index in [9.17, 15) is 9.90 Å². The second-order valence-electron chi connectivity index (χ2n) is 11.8. The summed E-state index contributed by atoms with van der Waals surface area (Å²) >= 11 is 1.76. The number of esters is 1. The number of hydrogen-bond acceptors (Lipinski definition) is 8. The standard InChI is InChI=1S/C34H39N5O3S/c1-6-22-13-23-8-9-30(40)35-29(23)19-39(17-22)18-26-15-25(14-24-10-11-43-34(24)26)28(16-31(41)42-7-2)27-12-20(3)33-32(21(27)4)36-37-38(33)5/h8-12,14-15,22,28H,6-7,13,16-19H2,1-5H3,(H,35,40)/t22-,28-/m0/s1. The minimum atomic E-state index is -0.212. The summed E-state index contributed by atoms with van der Waals surface area (Å²) in [6.07, 6.45) is 2.29. The maximum Gasteiger partial charge on any atom is 0.306 e. The van der Waals surface area contributed by atoms with Gasteiger partial charge in [-0.25, -0.2) is 9.67 Å². The molecule has 224 valence electrons. The summed E-state index contributed by atoms with van der Waals surface area (Å²) < 4.78 is 8.55. The van der Waals surface area contributed by atoms with Gasteiger partial charge in [0.1, 0.15) is 5.52 Å². The minimum Gasteiger partial charge on any atom is -0.493 e. The van der Waals surface area contributed by atoms with Gasteiger partial charge in [-0.1, -0.05) is 36.8 Å². The van der Waals surface area contributed by atoms with E-state index in [0.29, 0.717) is 19.1 Å². The Balaban J connectivity index is 1.44. The van der Waals surface area contributed by atoms with Crippen molar-refractivity contribution in [2.75, 3.05) is 13.2 Å². The lowest BCUT2D eigenvalue weighted by atomic mass is 9.83. The number of hydrogen-bond donors (Lipinski definition) is 1. The monoisotopic (exact) mass is 597 g/mol. The molecule has 0 aliphatic carbocycles. The Morgan fingerprint density at radius 1 is 1.19 bits per heavy atom. The molecule has 4 heterocycles. The van der Waals surface area contributed by atoms with Crippen molar-refractivity contribution < 1.29 is 14.6 Å². The molecule has 0 radical (unpaired) electrons. The first kappa shape index (κ1) is 29.3. The number of aromatic hydroxyl groups is 1. The molecule has 0 amide bonds. The van der Waals surface area contributed by atoms with Gasteiger partial charge >= 0.3 is 5.97 Å². The zero-order valence-electron chi connectivity index (χ0n) is 25.6. The molecule has 8 nitrogen and oxygen atoms in total. The van der Waals surface area contributed by atoms with Gasteiger partial charge in [0.05, 0.1) is 24.2 Å². The lowest BCUT2D eigenvalue weighted by Crippen LogP contribution is -2.27. The predicted octanol–water partition coefficient (Wildman–Crippen LogP) is 6.57. The van der Waals surface area contributed by atoms with E-state index in [1.807, 2.05) is 24.7 Å². The number of ether oxygens (including phenoxy) is 1. The molecule has 1 aliphatic rings. The van der Waals surface area contributed by atoms with Crippen molar-refractivity contribution in [3.05, 3.63) is 80.9 Å². The maximum atomic E-state index is 13.0. The molecule has 9 heteroatoms. The molecule has 0 bridgehead atoms. The van der Waals surface area contributed by atoms with E-state index in [1.54, 1.807) is 17.4 Å². The fourth-order valence-electron chi connectivity index (χ4n) is 6.75. The largest absolute Gasteiger partial charge is 0.493 e. The van der Waals surface area contributed by atoms with Crippen LogP contribution in [0.25, 0.3) is 21.1 Å². The zero-order chi connectivity index (χ0) is 30.2. The molecule has 1 N–H and O–H groups in total. The highest BCUT2D eigenvalue weighted by Crippen LogP contribution is 2.39. The average molecular weight is 598 g/mol. The fourth-order valence-corrected chi connectivity index (χ4v) is 7.64. The van der Waals surface area contributed by atoms with Crippen LogP contribution in [0.15, 0.2) is 41.8 Å². The van der Waals surface area contributed by atoms with Gasteiger partial charge in [-0.3, -0.25) is 9.69 Å². The van der Waals surface area contributed by atoms with Gasteiger partial charge in [0.25, 0.3) is 0 Å². The highest BCUT2D eigenvalue weighted by Gasteiger charge is 2.27. The van der Waals surface area contributed by atoms with Crippen LogP contribution in [0.1, 0.15) is 71.7 Å². The van der Waals surface area contributed by atoms with Crippen LogP contribution < -0.4 is 0 Å². The van der Waals surface area contributed by atoms with E-state index < -0.39 is 0 Å². The van der Waals surface area contributed by atoms with Gasteiger partial charge in [-0.05, 0) is 89.4 Å². The third-order valence-corrected chi connectivity index (χ3v) is 9.89. The number of carbonyl (C=O) groups is 1. The van der Waals surface area contributed by atoms with Gasteiger partial charge in [-0.2, -0.15) is 0 Å². The molecule has 0 unspecified atom stereocenters. The first-order valence-electron chi connectivity index (χ1n) is 15.1. The Hall–Kier alpha value is -3.82. The molecule has 5 aromatic rings. The Kier molecular flexibility index (Phi) is 8.20. The lowest BCUT2D eigenvalue weighted by Gasteiger charge is -2.25. The number of benzene rings is 2. The third-order valence-electron chi connectivity index (χ3n) is 8.89. The van der Waals surface area contributed by atoms with Crippen LogP contribution in [-0.2, 0) is 36.1 Å². The highest BCUT2D eigenvalue weighted by molar-refractivity contribution is 7.17. The number of pyridine rings is 1. The Labute approximate surface area is 256 Å². The van der Waals surface area contributed by atoms with Gasteiger partial charge in [0, 0.05) is 43.4 Å². The molecule has 3 aromatic heterocycles. The Bertz CT molecular complexity index is 1810. The van der Waals surface area contributed by atoms with Crippen LogP contribution in [0, 0.1) is 19.8 Å². The summed E-state index contributed by atoms with van der Waals surface area (Å²) in [6, 6.07) is 12.6. The molecular formula is C34H39N5O3S. The van der Waals surface area contributed by atoms with Crippen molar-refractivity contribution in [1.82, 2.24) is 24.9 Å². The number of carbonyl (C=O) groups excluding carboxylic acids is 1. The molecule has 0 saturated heterocycles. The summed E-state index contributed by atoms with van der Waals surface area (Å²) in [5.41, 5.74) is 9.59. The first-order chi connectivity index (χ1) is 20.7. The molecular weight excluding hydrogens is 558 g/mol. The molecule has 2 aromatic carbocycles. The average Bonchev–Trinajstić information content (AvgIpc) is 3.57. The third kappa shape index (κ3) is 5.76. The molecule has 43 heavy (non-hydrogen) atoms. The smallest absolute Gasteiger partial charge is 0.306 e. The molecule has 0 fully saturated rings. The number of fused-ring (bicyclic) bond motifs is 3. The quantitative estimate of drug-likeness (QED) is 0.202. The van der Waals surface area contributed by atoms with Gasteiger partial charge < -0.3 is 9.84 Å². The van der Waals surface area contributed by atoms with E-state index >= 15 is 0 Å². The summed E-state index contributed by atoms with van der Waals surface area (Å²) in [5, 5.41) is 22.2. The summed E-state index contributed by atoms with van der Waals surface area (Å²) in [5.74, 6) is 0.176. The van der Waals surface area contributed by atoms with Crippen molar-refractivity contribution in [3.63, 3.8) is 0 Å². The van der Waals surface area contributed by atoms with Crippen LogP contribution >= 0.6 is 11.3 Å². The van der Waals surface area contributed by atoms with E-state index in [0.717, 1.165) is 64.9 Å². The fraction of sp³-hybridized carbons (Fsp3) is 0.412. The van der Waals surface area contributed by atoms with Gasteiger partial charge in [0.2, 0.25) is 5.88 Å².